The monoisotopic (exact) mass is 466 g/mol. The quantitative estimate of drug-likeness (QED) is 0.399. The van der Waals surface area contributed by atoms with Crippen LogP contribution in [-0.2, 0) is 11.3 Å². The molecule has 0 radical (unpaired) electrons. The van der Waals surface area contributed by atoms with Gasteiger partial charge < -0.3 is 19.7 Å². The summed E-state index contributed by atoms with van der Waals surface area (Å²) in [4.78, 5) is 23.9. The summed E-state index contributed by atoms with van der Waals surface area (Å²) in [6.45, 7) is 2.35. The molecule has 1 aliphatic rings. The largest absolute Gasteiger partial charge is 0.493 e. The van der Waals surface area contributed by atoms with E-state index in [2.05, 4.69) is 15.3 Å². The minimum Gasteiger partial charge on any atom is -0.493 e. The van der Waals surface area contributed by atoms with Crippen molar-refractivity contribution in [2.45, 2.75) is 13.5 Å². The number of anilines is 2. The summed E-state index contributed by atoms with van der Waals surface area (Å²) >= 11 is 0. The maximum atomic E-state index is 13.0. The number of amides is 1. The Kier molecular flexibility index (Phi) is 5.82. The van der Waals surface area contributed by atoms with Crippen LogP contribution in [0.4, 0.5) is 11.4 Å². The highest BCUT2D eigenvalue weighted by Crippen LogP contribution is 2.39. The van der Waals surface area contributed by atoms with E-state index in [4.69, 9.17) is 9.47 Å². The fourth-order valence-electron chi connectivity index (χ4n) is 4.38. The van der Waals surface area contributed by atoms with Gasteiger partial charge >= 0.3 is 0 Å². The van der Waals surface area contributed by atoms with Crippen molar-refractivity contribution in [3.8, 4) is 11.5 Å². The number of likely N-dealkylation sites (N-methyl/N-ethyl adjacent to an activating group) is 1. The van der Waals surface area contributed by atoms with Crippen LogP contribution in [0.2, 0.25) is 0 Å². The molecule has 0 spiro atoms. The topological polar surface area (TPSA) is 76.6 Å². The Hall–Kier alpha value is -4.39. The molecule has 7 heteroatoms. The van der Waals surface area contributed by atoms with E-state index in [9.17, 15) is 4.79 Å². The Bertz CT molecular complexity index is 1460. The first-order chi connectivity index (χ1) is 17.0. The third-order valence-corrected chi connectivity index (χ3v) is 6.15. The Labute approximate surface area is 204 Å². The van der Waals surface area contributed by atoms with Crippen molar-refractivity contribution in [3.63, 3.8) is 0 Å². The number of hydrogen-bond acceptors (Lipinski definition) is 6. The number of rotatable bonds is 6. The molecule has 0 fully saturated rings. The van der Waals surface area contributed by atoms with Crippen molar-refractivity contribution < 1.29 is 14.3 Å². The van der Waals surface area contributed by atoms with Gasteiger partial charge in [0.05, 0.1) is 37.7 Å². The van der Waals surface area contributed by atoms with Crippen molar-refractivity contribution in [2.75, 3.05) is 31.5 Å². The first-order valence-electron chi connectivity index (χ1n) is 11.3. The molecule has 0 aliphatic carbocycles. The molecule has 1 N–H and O–H groups in total. The van der Waals surface area contributed by atoms with Gasteiger partial charge in [0.15, 0.2) is 11.5 Å². The molecule has 7 nitrogen and oxygen atoms in total. The van der Waals surface area contributed by atoms with Crippen LogP contribution >= 0.6 is 0 Å². The Balaban J connectivity index is 1.48. The van der Waals surface area contributed by atoms with Crippen molar-refractivity contribution in [3.05, 3.63) is 83.3 Å². The van der Waals surface area contributed by atoms with Crippen LogP contribution in [-0.4, -0.2) is 37.1 Å². The van der Waals surface area contributed by atoms with Crippen LogP contribution in [0.15, 0.2) is 60.7 Å². The summed E-state index contributed by atoms with van der Waals surface area (Å²) < 4.78 is 10.9. The number of ether oxygens (including phenoxy) is 2. The average molecular weight is 467 g/mol. The lowest BCUT2D eigenvalue weighted by atomic mass is 10.0. The van der Waals surface area contributed by atoms with E-state index in [0.717, 1.165) is 39.1 Å². The zero-order chi connectivity index (χ0) is 24.5. The average Bonchev–Trinajstić information content (AvgIpc) is 3.11. The van der Waals surface area contributed by atoms with E-state index >= 15 is 0 Å². The first kappa shape index (κ1) is 22.4. The SMILES string of the molecule is COc1cc2nc(C)nc(CNc3ccc4c(c3)/C(=C/c3ccccc3)C(=O)N4C)c2cc1OC. The predicted octanol–water partition coefficient (Wildman–Crippen LogP) is 5.08. The number of benzene rings is 3. The second kappa shape index (κ2) is 9.10. The molecular weight excluding hydrogens is 440 g/mol. The standard InChI is InChI=1S/C28H26N4O3/c1-17-30-23-15-27(35-4)26(34-3)14-22(23)24(31-17)16-29-19-10-11-25-20(13-19)21(28(33)32(25)2)12-18-8-6-5-7-9-18/h5-15,29H,16H2,1-4H3/b21-12-. The van der Waals surface area contributed by atoms with Gasteiger partial charge in [-0.25, -0.2) is 9.97 Å². The Morgan fingerprint density at radius 1 is 0.971 bits per heavy atom. The zero-order valence-corrected chi connectivity index (χ0v) is 20.1. The second-order valence-electron chi connectivity index (χ2n) is 8.36. The number of hydrogen-bond donors (Lipinski definition) is 1. The smallest absolute Gasteiger partial charge is 0.258 e. The van der Waals surface area contributed by atoms with Gasteiger partial charge in [-0.05, 0) is 42.8 Å². The fourth-order valence-corrected chi connectivity index (χ4v) is 4.38. The van der Waals surface area contributed by atoms with E-state index in [1.165, 1.54) is 0 Å². The number of carbonyl (C=O) groups excluding carboxylic acids is 1. The molecule has 1 aromatic heterocycles. The molecule has 176 valence electrons. The highest BCUT2D eigenvalue weighted by molar-refractivity contribution is 6.35. The van der Waals surface area contributed by atoms with E-state index < -0.39 is 0 Å². The maximum absolute atomic E-state index is 13.0. The molecule has 0 atom stereocenters. The van der Waals surface area contributed by atoms with Gasteiger partial charge in [-0.3, -0.25) is 4.79 Å². The van der Waals surface area contributed by atoms with Crippen LogP contribution in [0.3, 0.4) is 0 Å². The van der Waals surface area contributed by atoms with Gasteiger partial charge in [0.25, 0.3) is 5.91 Å². The molecule has 3 aromatic carbocycles. The molecule has 0 unspecified atom stereocenters. The van der Waals surface area contributed by atoms with Crippen LogP contribution in [0.1, 0.15) is 22.6 Å². The number of nitrogens with zero attached hydrogens (tertiary/aromatic N) is 3. The molecule has 35 heavy (non-hydrogen) atoms. The number of methoxy groups -OCH3 is 2. The molecule has 1 aliphatic heterocycles. The first-order valence-corrected chi connectivity index (χ1v) is 11.3. The van der Waals surface area contributed by atoms with Crippen molar-refractivity contribution in [1.82, 2.24) is 9.97 Å². The third-order valence-electron chi connectivity index (χ3n) is 6.15. The summed E-state index contributed by atoms with van der Waals surface area (Å²) in [6.07, 6.45) is 1.94. The third kappa shape index (κ3) is 4.17. The van der Waals surface area contributed by atoms with Gasteiger partial charge in [-0.15, -0.1) is 0 Å². The molecule has 5 rings (SSSR count). The van der Waals surface area contributed by atoms with Crippen LogP contribution in [0.5, 0.6) is 11.5 Å². The number of aryl methyl sites for hydroxylation is 1. The predicted molar refractivity (Wildman–Crippen MR) is 139 cm³/mol. The zero-order valence-electron chi connectivity index (χ0n) is 20.1. The molecule has 2 heterocycles. The lowest BCUT2D eigenvalue weighted by Gasteiger charge is -2.14. The van der Waals surface area contributed by atoms with Crippen molar-refractivity contribution in [2.24, 2.45) is 0 Å². The van der Waals surface area contributed by atoms with Gasteiger partial charge in [-0.1, -0.05) is 30.3 Å². The molecule has 0 saturated heterocycles. The Morgan fingerprint density at radius 3 is 2.46 bits per heavy atom. The second-order valence-corrected chi connectivity index (χ2v) is 8.36. The minimum absolute atomic E-state index is 0.0144. The van der Waals surface area contributed by atoms with Gasteiger partial charge in [0.1, 0.15) is 5.82 Å². The molecular formula is C28H26N4O3. The number of nitrogens with one attached hydrogen (secondary N) is 1. The van der Waals surface area contributed by atoms with Crippen molar-refractivity contribution in [1.29, 1.82) is 0 Å². The van der Waals surface area contributed by atoms with Crippen molar-refractivity contribution >= 4 is 39.8 Å². The van der Waals surface area contributed by atoms with Gasteiger partial charge in [0.2, 0.25) is 0 Å². The normalized spacial score (nSPS) is 13.9. The van der Waals surface area contributed by atoms with Gasteiger partial charge in [-0.2, -0.15) is 0 Å². The van der Waals surface area contributed by atoms with E-state index in [1.807, 2.05) is 73.7 Å². The highest BCUT2D eigenvalue weighted by atomic mass is 16.5. The number of carbonyl (C=O) groups is 1. The molecule has 0 saturated carbocycles. The number of aromatic nitrogens is 2. The van der Waals surface area contributed by atoms with E-state index in [-0.39, 0.29) is 5.91 Å². The molecule has 0 bridgehead atoms. The summed E-state index contributed by atoms with van der Waals surface area (Å²) in [5, 5.41) is 4.36. The van der Waals surface area contributed by atoms with Crippen LogP contribution in [0.25, 0.3) is 22.6 Å². The molecule has 1 amide bonds. The summed E-state index contributed by atoms with van der Waals surface area (Å²) in [6, 6.07) is 19.6. The van der Waals surface area contributed by atoms with E-state index in [1.54, 1.807) is 26.2 Å². The van der Waals surface area contributed by atoms with E-state index in [0.29, 0.717) is 29.4 Å². The fraction of sp³-hybridized carbons (Fsp3) is 0.179. The summed E-state index contributed by atoms with van der Waals surface area (Å²) in [7, 11) is 5.02. The lowest BCUT2D eigenvalue weighted by Crippen LogP contribution is -2.20. The highest BCUT2D eigenvalue weighted by Gasteiger charge is 2.29. The summed E-state index contributed by atoms with van der Waals surface area (Å²) in [5.41, 5.74) is 6.00. The lowest BCUT2D eigenvalue weighted by molar-refractivity contribution is -0.112. The molecule has 4 aromatic rings. The maximum Gasteiger partial charge on any atom is 0.258 e. The summed E-state index contributed by atoms with van der Waals surface area (Å²) in [5.74, 6) is 1.92. The minimum atomic E-state index is -0.0144. The van der Waals surface area contributed by atoms with Crippen LogP contribution in [0, 0.1) is 6.92 Å². The van der Waals surface area contributed by atoms with Crippen LogP contribution < -0.4 is 19.7 Å². The Morgan fingerprint density at radius 2 is 1.71 bits per heavy atom. The van der Waals surface area contributed by atoms with Gasteiger partial charge in [0, 0.05) is 35.3 Å². The number of fused-ring (bicyclic) bond motifs is 2.